The Morgan fingerprint density at radius 2 is 1.90 bits per heavy atom. The zero-order valence-corrected chi connectivity index (χ0v) is 17.2. The number of carbonyl (C=O) groups is 1. The van der Waals surface area contributed by atoms with E-state index in [4.69, 9.17) is 9.47 Å². The van der Waals surface area contributed by atoms with Gasteiger partial charge in [0.15, 0.2) is 11.5 Å². The largest absolute Gasteiger partial charge is 0.486 e. The third kappa shape index (κ3) is 4.46. The lowest BCUT2D eigenvalue weighted by Gasteiger charge is -2.24. The number of aromatic amines is 1. The van der Waals surface area contributed by atoms with Crippen molar-refractivity contribution < 1.29 is 14.3 Å². The van der Waals surface area contributed by atoms with Gasteiger partial charge in [0.2, 0.25) is 0 Å². The van der Waals surface area contributed by atoms with Crippen molar-refractivity contribution in [3.63, 3.8) is 0 Å². The molecule has 7 heteroatoms. The maximum absolute atomic E-state index is 12.9. The number of nitrogens with zero attached hydrogens (tertiary/aromatic N) is 2. The van der Waals surface area contributed by atoms with E-state index in [0.29, 0.717) is 42.5 Å². The van der Waals surface area contributed by atoms with Crippen LogP contribution in [0, 0.1) is 0 Å². The van der Waals surface area contributed by atoms with Crippen molar-refractivity contribution in [1.29, 1.82) is 0 Å². The zero-order chi connectivity index (χ0) is 20.9. The Bertz CT molecular complexity index is 1000. The predicted molar refractivity (Wildman–Crippen MR) is 115 cm³/mol. The number of nitrogens with one attached hydrogen (secondary N) is 2. The molecule has 1 aliphatic rings. The molecule has 1 aromatic heterocycles. The summed E-state index contributed by atoms with van der Waals surface area (Å²) in [5, 5.41) is 10.1. The number of carbonyl (C=O) groups excluding carboxylic acids is 1. The summed E-state index contributed by atoms with van der Waals surface area (Å²) in [4.78, 5) is 15.1. The van der Waals surface area contributed by atoms with Gasteiger partial charge in [0.25, 0.3) is 5.91 Å². The molecule has 2 heterocycles. The molecule has 7 nitrogen and oxygen atoms in total. The maximum Gasteiger partial charge on any atom is 0.255 e. The molecule has 0 unspecified atom stereocenters. The summed E-state index contributed by atoms with van der Waals surface area (Å²) in [6, 6.07) is 16.1. The summed E-state index contributed by atoms with van der Waals surface area (Å²) >= 11 is 0. The smallest absolute Gasteiger partial charge is 0.255 e. The Kier molecular flexibility index (Phi) is 5.99. The van der Waals surface area contributed by atoms with Gasteiger partial charge in [0.05, 0.1) is 17.5 Å². The van der Waals surface area contributed by atoms with Crippen LogP contribution < -0.4 is 14.8 Å². The van der Waals surface area contributed by atoms with Gasteiger partial charge in [0, 0.05) is 18.2 Å². The minimum absolute atomic E-state index is 0.159. The highest BCUT2D eigenvalue weighted by Crippen LogP contribution is 2.34. The summed E-state index contributed by atoms with van der Waals surface area (Å²) in [7, 11) is 4.05. The number of hydrogen-bond acceptors (Lipinski definition) is 5. The lowest BCUT2D eigenvalue weighted by atomic mass is 10.0. The molecule has 0 bridgehead atoms. The molecule has 0 fully saturated rings. The van der Waals surface area contributed by atoms with E-state index >= 15 is 0 Å². The van der Waals surface area contributed by atoms with E-state index in [2.05, 4.69) is 32.5 Å². The van der Waals surface area contributed by atoms with Crippen LogP contribution in [0.15, 0.2) is 54.7 Å². The minimum Gasteiger partial charge on any atom is -0.486 e. The van der Waals surface area contributed by atoms with Gasteiger partial charge in [-0.1, -0.05) is 30.3 Å². The molecule has 3 aromatic rings. The molecule has 0 aliphatic carbocycles. The first-order valence-electron chi connectivity index (χ1n) is 10.0. The van der Waals surface area contributed by atoms with Crippen molar-refractivity contribution in [3.05, 3.63) is 65.9 Å². The first-order valence-corrected chi connectivity index (χ1v) is 10.0. The number of amides is 1. The lowest BCUT2D eigenvalue weighted by molar-refractivity contribution is 0.0942. The van der Waals surface area contributed by atoms with Crippen molar-refractivity contribution in [3.8, 4) is 22.8 Å². The number of benzene rings is 2. The Morgan fingerprint density at radius 3 is 2.67 bits per heavy atom. The molecular formula is C23H26N4O3. The number of ether oxygens (including phenoxy) is 2. The second-order valence-corrected chi connectivity index (χ2v) is 7.53. The quantitative estimate of drug-likeness (QED) is 0.631. The molecule has 156 valence electrons. The molecule has 0 saturated carbocycles. The number of fused-ring (bicyclic) bond motifs is 1. The molecule has 0 saturated heterocycles. The first-order chi connectivity index (χ1) is 14.6. The highest BCUT2D eigenvalue weighted by Gasteiger charge is 2.20. The van der Waals surface area contributed by atoms with Crippen molar-refractivity contribution in [2.24, 2.45) is 0 Å². The van der Waals surface area contributed by atoms with Crippen LogP contribution in [0.1, 0.15) is 15.9 Å². The summed E-state index contributed by atoms with van der Waals surface area (Å²) in [5.41, 5.74) is 3.24. The monoisotopic (exact) mass is 406 g/mol. The Labute approximate surface area is 176 Å². The van der Waals surface area contributed by atoms with E-state index in [1.54, 1.807) is 6.20 Å². The SMILES string of the molecule is CN(C)[C@H](CNC(=O)c1cn[nH]c1-c1ccc2c(c1)OCCO2)Cc1ccccc1. The van der Waals surface area contributed by atoms with Crippen molar-refractivity contribution >= 4 is 5.91 Å². The Morgan fingerprint density at radius 1 is 1.13 bits per heavy atom. The van der Waals surface area contributed by atoms with Gasteiger partial charge < -0.3 is 19.7 Å². The Balaban J connectivity index is 1.46. The van der Waals surface area contributed by atoms with E-state index < -0.39 is 0 Å². The predicted octanol–water partition coefficient (Wildman–Crippen LogP) is 2.75. The number of rotatable bonds is 7. The van der Waals surface area contributed by atoms with Gasteiger partial charge in [-0.15, -0.1) is 0 Å². The number of aromatic nitrogens is 2. The second kappa shape index (κ2) is 9.00. The number of H-pyrrole nitrogens is 1. The normalized spacial score (nSPS) is 13.8. The van der Waals surface area contributed by atoms with E-state index in [1.165, 1.54) is 5.56 Å². The van der Waals surface area contributed by atoms with Crippen molar-refractivity contribution in [1.82, 2.24) is 20.4 Å². The van der Waals surface area contributed by atoms with E-state index in [1.807, 2.05) is 50.5 Å². The van der Waals surface area contributed by atoms with Crippen LogP contribution in [0.25, 0.3) is 11.3 Å². The van der Waals surface area contributed by atoms with Crippen LogP contribution in [0.5, 0.6) is 11.5 Å². The lowest BCUT2D eigenvalue weighted by Crippen LogP contribution is -2.41. The maximum atomic E-state index is 12.9. The standard InChI is InChI=1S/C23H26N4O3/c1-27(2)18(12-16-6-4-3-5-7-16)14-24-23(28)19-15-25-26-22(19)17-8-9-20-21(13-17)30-11-10-29-20/h3-9,13,15,18H,10-12,14H2,1-2H3,(H,24,28)(H,25,26)/t18-/m0/s1. The topological polar surface area (TPSA) is 79.5 Å². The third-order valence-electron chi connectivity index (χ3n) is 5.26. The van der Waals surface area contributed by atoms with Crippen LogP contribution in [0.2, 0.25) is 0 Å². The van der Waals surface area contributed by atoms with Crippen LogP contribution in [-0.2, 0) is 6.42 Å². The summed E-state index contributed by atoms with van der Waals surface area (Å²) in [5.74, 6) is 1.23. The van der Waals surface area contributed by atoms with Crippen LogP contribution in [-0.4, -0.2) is 60.9 Å². The molecule has 30 heavy (non-hydrogen) atoms. The highest BCUT2D eigenvalue weighted by molar-refractivity contribution is 5.99. The number of hydrogen-bond donors (Lipinski definition) is 2. The van der Waals surface area contributed by atoms with Gasteiger partial charge in [-0.3, -0.25) is 9.89 Å². The minimum atomic E-state index is -0.159. The van der Waals surface area contributed by atoms with Crippen LogP contribution >= 0.6 is 0 Å². The molecule has 1 aliphatic heterocycles. The Hall–Kier alpha value is -3.32. The zero-order valence-electron chi connectivity index (χ0n) is 17.2. The fraction of sp³-hybridized carbons (Fsp3) is 0.304. The molecule has 1 amide bonds. The first kappa shape index (κ1) is 20.0. The molecule has 2 aromatic carbocycles. The fourth-order valence-electron chi connectivity index (χ4n) is 3.51. The van der Waals surface area contributed by atoms with E-state index in [0.717, 1.165) is 12.0 Å². The van der Waals surface area contributed by atoms with Crippen molar-refractivity contribution in [2.75, 3.05) is 33.9 Å². The van der Waals surface area contributed by atoms with Gasteiger partial charge in [0.1, 0.15) is 13.2 Å². The number of likely N-dealkylation sites (N-methyl/N-ethyl adjacent to an activating group) is 1. The van der Waals surface area contributed by atoms with E-state index in [9.17, 15) is 4.79 Å². The fourth-order valence-corrected chi connectivity index (χ4v) is 3.51. The van der Waals surface area contributed by atoms with Crippen LogP contribution in [0.3, 0.4) is 0 Å². The molecule has 0 radical (unpaired) electrons. The average molecular weight is 406 g/mol. The highest BCUT2D eigenvalue weighted by atomic mass is 16.6. The summed E-state index contributed by atoms with van der Waals surface area (Å²) in [6.45, 7) is 1.59. The second-order valence-electron chi connectivity index (χ2n) is 7.53. The van der Waals surface area contributed by atoms with Gasteiger partial charge in [-0.05, 0) is 44.3 Å². The van der Waals surface area contributed by atoms with E-state index in [-0.39, 0.29) is 11.9 Å². The van der Waals surface area contributed by atoms with Gasteiger partial charge in [-0.25, -0.2) is 0 Å². The molecule has 2 N–H and O–H groups in total. The molecule has 1 atom stereocenters. The molecule has 4 rings (SSSR count). The average Bonchev–Trinajstić information content (AvgIpc) is 3.26. The molecular weight excluding hydrogens is 380 g/mol. The summed E-state index contributed by atoms with van der Waals surface area (Å²) in [6.07, 6.45) is 2.41. The third-order valence-corrected chi connectivity index (χ3v) is 5.26. The van der Waals surface area contributed by atoms with Crippen LogP contribution in [0.4, 0.5) is 0 Å². The summed E-state index contributed by atoms with van der Waals surface area (Å²) < 4.78 is 11.2. The molecule has 0 spiro atoms. The van der Waals surface area contributed by atoms with Gasteiger partial charge in [-0.2, -0.15) is 5.10 Å². The van der Waals surface area contributed by atoms with Gasteiger partial charge >= 0.3 is 0 Å². The van der Waals surface area contributed by atoms with Crippen molar-refractivity contribution in [2.45, 2.75) is 12.5 Å².